The minimum absolute atomic E-state index is 0.00454. The Hall–Kier alpha value is -0.120. The highest BCUT2D eigenvalue weighted by Gasteiger charge is 2.36. The lowest BCUT2D eigenvalue weighted by Crippen LogP contribution is -2.40. The van der Waals surface area contributed by atoms with Crippen LogP contribution in [0, 0.1) is 5.92 Å². The molecule has 0 aromatic rings. The van der Waals surface area contributed by atoms with Crippen LogP contribution in [-0.2, 0) is 4.74 Å². The van der Waals surface area contributed by atoms with Gasteiger partial charge in [-0.3, -0.25) is 0 Å². The van der Waals surface area contributed by atoms with Crippen molar-refractivity contribution in [3.63, 3.8) is 0 Å². The molecule has 1 aliphatic rings. The molecule has 0 aliphatic heterocycles. The van der Waals surface area contributed by atoms with Crippen LogP contribution in [0.1, 0.15) is 26.2 Å². The van der Waals surface area contributed by atoms with Crippen LogP contribution in [0.4, 0.5) is 0 Å². The molecule has 0 amide bonds. The minimum atomic E-state index is -0.00454. The maximum atomic E-state index is 5.95. The molecule has 1 rings (SSSR count). The van der Waals surface area contributed by atoms with Gasteiger partial charge in [-0.25, -0.2) is 0 Å². The minimum Gasteiger partial charge on any atom is -0.372 e. The first-order valence-electron chi connectivity index (χ1n) is 5.57. The molecule has 84 valence electrons. The topological polar surface area (TPSA) is 38.5 Å². The van der Waals surface area contributed by atoms with E-state index in [1.807, 2.05) is 0 Å². The summed E-state index contributed by atoms with van der Waals surface area (Å²) in [6, 6.07) is 0. The fraction of sp³-hybridized carbons (Fsp3) is 1.00. The van der Waals surface area contributed by atoms with Gasteiger partial charge in [0, 0.05) is 13.1 Å². The lowest BCUT2D eigenvalue weighted by molar-refractivity contribution is -0.0403. The highest BCUT2D eigenvalue weighted by Crippen LogP contribution is 2.36. The summed E-state index contributed by atoms with van der Waals surface area (Å²) in [6.07, 6.45) is 3.54. The largest absolute Gasteiger partial charge is 0.372 e. The van der Waals surface area contributed by atoms with Crippen LogP contribution >= 0.6 is 0 Å². The van der Waals surface area contributed by atoms with Crippen molar-refractivity contribution in [2.45, 2.75) is 31.8 Å². The van der Waals surface area contributed by atoms with Crippen molar-refractivity contribution in [1.29, 1.82) is 0 Å². The summed E-state index contributed by atoms with van der Waals surface area (Å²) < 4.78 is 5.95. The average Bonchev–Trinajstić information content (AvgIpc) is 2.48. The number of nitrogens with two attached hydrogens (primary N) is 1. The molecule has 0 radical (unpaired) electrons. The molecule has 0 saturated heterocycles. The van der Waals surface area contributed by atoms with Gasteiger partial charge in [0.25, 0.3) is 0 Å². The first-order chi connectivity index (χ1) is 6.58. The zero-order valence-electron chi connectivity index (χ0n) is 9.75. The summed E-state index contributed by atoms with van der Waals surface area (Å²) in [5, 5.41) is 0. The van der Waals surface area contributed by atoms with E-state index in [1.54, 1.807) is 0 Å². The second-order valence-corrected chi connectivity index (χ2v) is 4.89. The second-order valence-electron chi connectivity index (χ2n) is 4.89. The van der Waals surface area contributed by atoms with Crippen molar-refractivity contribution in [1.82, 2.24) is 4.90 Å². The molecule has 0 bridgehead atoms. The Balaban J connectivity index is 2.31. The Bertz CT molecular complexity index is 173. The van der Waals surface area contributed by atoms with Crippen LogP contribution in [0.25, 0.3) is 0 Å². The van der Waals surface area contributed by atoms with E-state index in [0.717, 1.165) is 31.9 Å². The number of hydrogen-bond acceptors (Lipinski definition) is 3. The zero-order chi connectivity index (χ0) is 10.6. The molecule has 3 heteroatoms. The predicted octanol–water partition coefficient (Wildman–Crippen LogP) is 1.08. The molecule has 0 heterocycles. The van der Waals surface area contributed by atoms with Crippen LogP contribution in [0.15, 0.2) is 0 Å². The van der Waals surface area contributed by atoms with Crippen molar-refractivity contribution < 1.29 is 4.74 Å². The summed E-state index contributed by atoms with van der Waals surface area (Å²) >= 11 is 0. The highest BCUT2D eigenvalue weighted by atomic mass is 16.5. The number of ether oxygens (including phenoxy) is 1. The number of likely N-dealkylation sites (N-methyl/N-ethyl adjacent to an activating group) is 1. The summed E-state index contributed by atoms with van der Waals surface area (Å²) in [4.78, 5) is 2.14. The molecule has 1 fully saturated rings. The molecule has 0 spiro atoms. The van der Waals surface area contributed by atoms with Crippen molar-refractivity contribution in [2.75, 3.05) is 33.8 Å². The van der Waals surface area contributed by atoms with Gasteiger partial charge in [0.1, 0.15) is 0 Å². The lowest BCUT2D eigenvalue weighted by Gasteiger charge is -2.28. The molecule has 0 aromatic carbocycles. The van der Waals surface area contributed by atoms with Gasteiger partial charge in [-0.2, -0.15) is 0 Å². The van der Waals surface area contributed by atoms with Gasteiger partial charge in [0.05, 0.1) is 12.2 Å². The first-order valence-corrected chi connectivity index (χ1v) is 5.57. The van der Waals surface area contributed by atoms with Gasteiger partial charge in [0.2, 0.25) is 0 Å². The van der Waals surface area contributed by atoms with Crippen LogP contribution in [0.3, 0.4) is 0 Å². The normalized spacial score (nSPS) is 32.8. The summed E-state index contributed by atoms with van der Waals surface area (Å²) in [7, 11) is 4.13. The predicted molar refractivity (Wildman–Crippen MR) is 59.3 cm³/mol. The van der Waals surface area contributed by atoms with Gasteiger partial charge >= 0.3 is 0 Å². The molecule has 1 aliphatic carbocycles. The molecular weight excluding hydrogens is 176 g/mol. The molecule has 2 unspecified atom stereocenters. The van der Waals surface area contributed by atoms with Crippen molar-refractivity contribution in [2.24, 2.45) is 11.7 Å². The number of nitrogens with zero attached hydrogens (tertiary/aromatic N) is 1. The standard InChI is InChI=1S/C11H24N2O/c1-10-4-5-11(8-10,9-12)14-7-6-13(2)3/h10H,4-9,12H2,1-3H3. The van der Waals surface area contributed by atoms with Gasteiger partial charge in [-0.15, -0.1) is 0 Å². The van der Waals surface area contributed by atoms with Crippen molar-refractivity contribution in [3.05, 3.63) is 0 Å². The van der Waals surface area contributed by atoms with Gasteiger partial charge in [-0.05, 0) is 39.3 Å². The Morgan fingerprint density at radius 3 is 2.64 bits per heavy atom. The zero-order valence-corrected chi connectivity index (χ0v) is 9.75. The smallest absolute Gasteiger partial charge is 0.0807 e. The monoisotopic (exact) mass is 200 g/mol. The third kappa shape index (κ3) is 3.23. The summed E-state index contributed by atoms with van der Waals surface area (Å²) in [6.45, 7) is 4.74. The molecule has 2 N–H and O–H groups in total. The van der Waals surface area contributed by atoms with Crippen molar-refractivity contribution >= 4 is 0 Å². The second kappa shape index (κ2) is 5.10. The van der Waals surface area contributed by atoms with Gasteiger partial charge in [0.15, 0.2) is 0 Å². The Morgan fingerprint density at radius 2 is 2.21 bits per heavy atom. The van der Waals surface area contributed by atoms with Gasteiger partial charge < -0.3 is 15.4 Å². The van der Waals surface area contributed by atoms with E-state index in [4.69, 9.17) is 10.5 Å². The molecular formula is C11H24N2O. The van der Waals surface area contributed by atoms with E-state index in [0.29, 0.717) is 6.54 Å². The Labute approximate surface area is 87.6 Å². The lowest BCUT2D eigenvalue weighted by atomic mass is 10.0. The maximum Gasteiger partial charge on any atom is 0.0807 e. The maximum absolute atomic E-state index is 5.95. The third-order valence-electron chi connectivity index (χ3n) is 3.13. The van der Waals surface area contributed by atoms with E-state index in [9.17, 15) is 0 Å². The fourth-order valence-corrected chi connectivity index (χ4v) is 2.17. The molecule has 14 heavy (non-hydrogen) atoms. The van der Waals surface area contributed by atoms with Crippen LogP contribution in [-0.4, -0.2) is 44.3 Å². The van der Waals surface area contributed by atoms with E-state index < -0.39 is 0 Å². The molecule has 0 aromatic heterocycles. The SMILES string of the molecule is CC1CCC(CN)(OCCN(C)C)C1. The number of hydrogen-bond donors (Lipinski definition) is 1. The summed E-state index contributed by atoms with van der Waals surface area (Å²) in [5.74, 6) is 0.776. The Kier molecular flexibility index (Phi) is 4.35. The van der Waals surface area contributed by atoms with E-state index in [-0.39, 0.29) is 5.60 Å². The summed E-state index contributed by atoms with van der Waals surface area (Å²) in [5.41, 5.74) is 5.80. The quantitative estimate of drug-likeness (QED) is 0.722. The van der Waals surface area contributed by atoms with Gasteiger partial charge in [-0.1, -0.05) is 6.92 Å². The molecule has 1 saturated carbocycles. The Morgan fingerprint density at radius 1 is 1.50 bits per heavy atom. The fourth-order valence-electron chi connectivity index (χ4n) is 2.17. The van der Waals surface area contributed by atoms with Crippen molar-refractivity contribution in [3.8, 4) is 0 Å². The van der Waals surface area contributed by atoms with Crippen LogP contribution in [0.5, 0.6) is 0 Å². The molecule has 3 nitrogen and oxygen atoms in total. The van der Waals surface area contributed by atoms with E-state index >= 15 is 0 Å². The van der Waals surface area contributed by atoms with E-state index in [1.165, 1.54) is 6.42 Å². The highest BCUT2D eigenvalue weighted by molar-refractivity contribution is 4.90. The van der Waals surface area contributed by atoms with E-state index in [2.05, 4.69) is 25.9 Å². The first kappa shape index (κ1) is 12.0. The van der Waals surface area contributed by atoms with Crippen LogP contribution in [0.2, 0.25) is 0 Å². The van der Waals surface area contributed by atoms with Crippen LogP contribution < -0.4 is 5.73 Å². The molecule has 2 atom stereocenters. The average molecular weight is 200 g/mol. The third-order valence-corrected chi connectivity index (χ3v) is 3.13. The number of rotatable bonds is 5.